The van der Waals surface area contributed by atoms with Crippen LogP contribution in [0.4, 0.5) is 10.8 Å². The molecular weight excluding hydrogens is 364 g/mol. The number of hydrogen-bond donors (Lipinski definition) is 2. The van der Waals surface area contributed by atoms with Gasteiger partial charge in [0, 0.05) is 10.9 Å². The van der Waals surface area contributed by atoms with Gasteiger partial charge < -0.3 is 14.6 Å². The molecule has 138 valence electrons. The zero-order valence-electron chi connectivity index (χ0n) is 14.0. The maximum atomic E-state index is 11.4. The van der Waals surface area contributed by atoms with Crippen molar-refractivity contribution in [3.05, 3.63) is 38.9 Å². The number of rotatable bonds is 8. The van der Waals surface area contributed by atoms with Crippen molar-refractivity contribution in [3.8, 4) is 11.5 Å². The summed E-state index contributed by atoms with van der Waals surface area (Å²) in [6.45, 7) is 2.02. The van der Waals surface area contributed by atoms with E-state index in [4.69, 9.17) is 9.47 Å². The van der Waals surface area contributed by atoms with Crippen LogP contribution in [0.1, 0.15) is 18.2 Å². The van der Waals surface area contributed by atoms with Gasteiger partial charge in [-0.25, -0.2) is 4.98 Å². The molecule has 2 aromatic rings. The Balaban J connectivity index is 2.09. The Labute approximate surface area is 152 Å². The Kier molecular flexibility index (Phi) is 6.44. The lowest BCUT2D eigenvalue weighted by Gasteiger charge is -2.04. The fourth-order valence-electron chi connectivity index (χ4n) is 1.93. The Morgan fingerprint density at radius 2 is 2.31 bits per heavy atom. The molecule has 0 radical (unpaired) electrons. The summed E-state index contributed by atoms with van der Waals surface area (Å²) < 4.78 is 9.81. The molecule has 0 saturated heterocycles. The van der Waals surface area contributed by atoms with E-state index in [-0.39, 0.29) is 23.7 Å². The number of thiazole rings is 1. The average Bonchev–Trinajstić information content (AvgIpc) is 3.03. The molecule has 0 aliphatic heterocycles. The van der Waals surface area contributed by atoms with E-state index in [9.17, 15) is 20.0 Å². The molecule has 2 rings (SSSR count). The topological polar surface area (TPSA) is 136 Å². The van der Waals surface area contributed by atoms with Crippen LogP contribution in [0.15, 0.2) is 22.6 Å². The number of methoxy groups -OCH3 is 1. The van der Waals surface area contributed by atoms with Crippen LogP contribution in [-0.4, -0.2) is 40.9 Å². The van der Waals surface area contributed by atoms with Gasteiger partial charge in [-0.15, -0.1) is 11.3 Å². The minimum Gasteiger partial charge on any atom is -0.502 e. The molecule has 0 unspecified atom stereocenters. The van der Waals surface area contributed by atoms with Crippen LogP contribution in [0, 0.1) is 10.1 Å². The summed E-state index contributed by atoms with van der Waals surface area (Å²) >= 11 is 1.23. The van der Waals surface area contributed by atoms with E-state index in [0.717, 1.165) is 6.07 Å². The Morgan fingerprint density at radius 3 is 2.96 bits per heavy atom. The number of aromatic hydroxyl groups is 1. The number of nitrogens with zero attached hydrogens (tertiary/aromatic N) is 3. The zero-order valence-corrected chi connectivity index (χ0v) is 14.8. The Bertz CT molecular complexity index is 836. The van der Waals surface area contributed by atoms with E-state index in [1.807, 2.05) is 0 Å². The van der Waals surface area contributed by atoms with Crippen molar-refractivity contribution in [2.24, 2.45) is 5.10 Å². The van der Waals surface area contributed by atoms with Crippen molar-refractivity contribution in [2.45, 2.75) is 13.3 Å². The smallest absolute Gasteiger partial charge is 0.315 e. The monoisotopic (exact) mass is 380 g/mol. The van der Waals surface area contributed by atoms with E-state index < -0.39 is 16.4 Å². The summed E-state index contributed by atoms with van der Waals surface area (Å²) in [5.41, 5.74) is 2.78. The molecule has 0 bridgehead atoms. The molecule has 10 nitrogen and oxygen atoms in total. The lowest BCUT2D eigenvalue weighted by Crippen LogP contribution is -2.07. The SMILES string of the molecule is CCOC(=O)Cc1csc(NN=Cc2cc(OC)cc([N+](=O)[O-])c2O)n1. The van der Waals surface area contributed by atoms with Crippen LogP contribution in [-0.2, 0) is 16.0 Å². The average molecular weight is 380 g/mol. The van der Waals surface area contributed by atoms with Gasteiger partial charge in [0.25, 0.3) is 0 Å². The van der Waals surface area contributed by atoms with Gasteiger partial charge in [-0.1, -0.05) is 0 Å². The van der Waals surface area contributed by atoms with Crippen molar-refractivity contribution in [1.29, 1.82) is 0 Å². The van der Waals surface area contributed by atoms with Gasteiger partial charge in [0.1, 0.15) is 5.75 Å². The molecule has 0 atom stereocenters. The zero-order chi connectivity index (χ0) is 19.1. The third-order valence-electron chi connectivity index (χ3n) is 3.07. The van der Waals surface area contributed by atoms with Gasteiger partial charge >= 0.3 is 11.7 Å². The number of hydrogen-bond acceptors (Lipinski definition) is 10. The minimum absolute atomic E-state index is 0.0542. The van der Waals surface area contributed by atoms with Crippen molar-refractivity contribution < 1.29 is 24.3 Å². The number of nitrogens with one attached hydrogen (secondary N) is 1. The molecular formula is C15H16N4O6S. The lowest BCUT2D eigenvalue weighted by molar-refractivity contribution is -0.385. The largest absolute Gasteiger partial charge is 0.502 e. The number of aromatic nitrogens is 1. The Hall–Kier alpha value is -3.21. The molecule has 1 aromatic heterocycles. The fourth-order valence-corrected chi connectivity index (χ4v) is 2.59. The van der Waals surface area contributed by atoms with Crippen LogP contribution in [0.2, 0.25) is 0 Å². The second-order valence-corrected chi connectivity index (χ2v) is 5.70. The van der Waals surface area contributed by atoms with Crippen molar-refractivity contribution in [3.63, 3.8) is 0 Å². The standard InChI is InChI=1S/C15H16N4O6S/c1-3-25-13(20)5-10-8-26-15(17-10)18-16-7-9-4-11(24-2)6-12(14(9)21)19(22)23/h4,6-8,21H,3,5H2,1-2H3,(H,17,18). The maximum absolute atomic E-state index is 11.4. The normalized spacial score (nSPS) is 10.7. The van der Waals surface area contributed by atoms with E-state index in [1.54, 1.807) is 12.3 Å². The molecule has 0 fully saturated rings. The van der Waals surface area contributed by atoms with Gasteiger partial charge in [-0.3, -0.25) is 20.3 Å². The van der Waals surface area contributed by atoms with Crippen LogP contribution in [0.3, 0.4) is 0 Å². The number of benzene rings is 1. The highest BCUT2D eigenvalue weighted by Gasteiger charge is 2.18. The lowest BCUT2D eigenvalue weighted by atomic mass is 10.1. The highest BCUT2D eigenvalue weighted by atomic mass is 32.1. The second kappa shape index (κ2) is 8.76. The van der Waals surface area contributed by atoms with E-state index >= 15 is 0 Å². The summed E-state index contributed by atoms with van der Waals surface area (Å²) in [4.78, 5) is 25.8. The minimum atomic E-state index is -0.717. The first-order valence-electron chi connectivity index (χ1n) is 7.39. The van der Waals surface area contributed by atoms with Crippen LogP contribution in [0.25, 0.3) is 0 Å². The van der Waals surface area contributed by atoms with Gasteiger partial charge in [-0.2, -0.15) is 5.10 Å². The molecule has 26 heavy (non-hydrogen) atoms. The van der Waals surface area contributed by atoms with Crippen molar-refractivity contribution in [2.75, 3.05) is 19.1 Å². The van der Waals surface area contributed by atoms with E-state index in [0.29, 0.717) is 17.4 Å². The number of hydrazone groups is 1. The third-order valence-corrected chi connectivity index (χ3v) is 3.87. The summed E-state index contributed by atoms with van der Waals surface area (Å²) in [6.07, 6.45) is 1.26. The number of carbonyl (C=O) groups excluding carboxylic acids is 1. The number of nitro groups is 1. The number of phenolic OH excluding ortho intramolecular Hbond substituents is 1. The number of carbonyl (C=O) groups is 1. The third kappa shape index (κ3) is 4.89. The quantitative estimate of drug-likeness (QED) is 0.308. The number of phenols is 1. The molecule has 0 aliphatic carbocycles. The van der Waals surface area contributed by atoms with Gasteiger partial charge in [0.2, 0.25) is 10.9 Å². The summed E-state index contributed by atoms with van der Waals surface area (Å²) in [5.74, 6) is -0.688. The highest BCUT2D eigenvalue weighted by Crippen LogP contribution is 2.33. The molecule has 11 heteroatoms. The van der Waals surface area contributed by atoms with Crippen LogP contribution in [0.5, 0.6) is 11.5 Å². The van der Waals surface area contributed by atoms with Crippen molar-refractivity contribution >= 4 is 34.3 Å². The maximum Gasteiger partial charge on any atom is 0.315 e. The number of esters is 1. The first-order chi connectivity index (χ1) is 12.4. The van der Waals surface area contributed by atoms with E-state index in [1.165, 1.54) is 30.7 Å². The number of ether oxygens (including phenoxy) is 2. The molecule has 0 aliphatic rings. The van der Waals surface area contributed by atoms with Crippen molar-refractivity contribution in [1.82, 2.24) is 4.98 Å². The number of anilines is 1. The van der Waals surface area contributed by atoms with Gasteiger partial charge in [0.15, 0.2) is 0 Å². The van der Waals surface area contributed by atoms with E-state index in [2.05, 4.69) is 15.5 Å². The predicted octanol–water partition coefficient (Wildman–Crippen LogP) is 2.32. The Morgan fingerprint density at radius 1 is 1.54 bits per heavy atom. The second-order valence-electron chi connectivity index (χ2n) is 4.84. The van der Waals surface area contributed by atoms with Gasteiger partial charge in [-0.05, 0) is 13.0 Å². The molecule has 0 saturated carbocycles. The number of nitro benzene ring substituents is 1. The first-order valence-corrected chi connectivity index (χ1v) is 8.27. The fraction of sp³-hybridized carbons (Fsp3) is 0.267. The predicted molar refractivity (Wildman–Crippen MR) is 95.0 cm³/mol. The molecule has 1 heterocycles. The highest BCUT2D eigenvalue weighted by molar-refractivity contribution is 7.13. The first kappa shape index (κ1) is 19.1. The molecule has 0 spiro atoms. The van der Waals surface area contributed by atoms with Crippen LogP contribution >= 0.6 is 11.3 Å². The summed E-state index contributed by atoms with van der Waals surface area (Å²) in [6, 6.07) is 2.52. The summed E-state index contributed by atoms with van der Waals surface area (Å²) in [5, 5.41) is 26.9. The summed E-state index contributed by atoms with van der Waals surface area (Å²) in [7, 11) is 1.36. The molecule has 0 amide bonds. The van der Waals surface area contributed by atoms with Gasteiger partial charge in [0.05, 0.1) is 43.0 Å². The van der Waals surface area contributed by atoms with Crippen LogP contribution < -0.4 is 10.2 Å². The molecule has 1 aromatic carbocycles. The molecule has 2 N–H and O–H groups in total.